The molecule has 1 N–H and O–H groups in total. The van der Waals surface area contributed by atoms with Gasteiger partial charge in [-0.25, -0.2) is 8.78 Å². The number of hydrogen-bond donors (Lipinski definition) is 1. The molecule has 0 saturated heterocycles. The van der Waals surface area contributed by atoms with Crippen molar-refractivity contribution in [2.45, 2.75) is 46.6 Å². The van der Waals surface area contributed by atoms with Crippen molar-refractivity contribution in [3.63, 3.8) is 0 Å². The Balaban J connectivity index is 2.87. The van der Waals surface area contributed by atoms with Crippen LogP contribution in [0.5, 0.6) is 0 Å². The quantitative estimate of drug-likeness (QED) is 0.885. The van der Waals surface area contributed by atoms with Crippen molar-refractivity contribution in [1.82, 2.24) is 5.32 Å². The first-order valence-electron chi connectivity index (χ1n) is 6.28. The Morgan fingerprint density at radius 2 is 1.74 bits per heavy atom. The molecule has 106 valence electrons. The van der Waals surface area contributed by atoms with E-state index < -0.39 is 23.1 Å². The van der Waals surface area contributed by atoms with Gasteiger partial charge in [-0.15, -0.1) is 0 Å². The van der Waals surface area contributed by atoms with Crippen LogP contribution < -0.4 is 5.32 Å². The lowest BCUT2D eigenvalue weighted by atomic mass is 9.81. The summed E-state index contributed by atoms with van der Waals surface area (Å²) in [7, 11) is 0. The molecule has 2 nitrogen and oxygen atoms in total. The maximum Gasteiger partial charge on any atom is 0.254 e. The first kappa shape index (κ1) is 15.6. The molecule has 0 radical (unpaired) electrons. The lowest BCUT2D eigenvalue weighted by Crippen LogP contribution is -2.46. The molecule has 0 saturated carbocycles. The summed E-state index contributed by atoms with van der Waals surface area (Å²) in [5.74, 6) is -1.93. The molecule has 0 fully saturated rings. The number of rotatable bonds is 3. The van der Waals surface area contributed by atoms with E-state index in [1.807, 2.05) is 13.8 Å². The number of carbonyl (C=O) groups is 1. The van der Waals surface area contributed by atoms with E-state index in [4.69, 9.17) is 0 Å². The summed E-state index contributed by atoms with van der Waals surface area (Å²) < 4.78 is 26.6. The smallest absolute Gasteiger partial charge is 0.254 e. The fourth-order valence-corrected chi connectivity index (χ4v) is 2.42. The summed E-state index contributed by atoms with van der Waals surface area (Å²) in [6.45, 7) is 9.91. The molecule has 19 heavy (non-hydrogen) atoms. The van der Waals surface area contributed by atoms with Gasteiger partial charge in [0.05, 0.1) is 5.56 Å². The third-order valence-electron chi connectivity index (χ3n) is 2.60. The highest BCUT2D eigenvalue weighted by Crippen LogP contribution is 2.27. The Morgan fingerprint density at radius 1 is 1.16 bits per heavy atom. The van der Waals surface area contributed by atoms with Crippen molar-refractivity contribution in [2.75, 3.05) is 0 Å². The van der Waals surface area contributed by atoms with Crippen LogP contribution in [-0.2, 0) is 0 Å². The van der Waals surface area contributed by atoms with E-state index >= 15 is 0 Å². The lowest BCUT2D eigenvalue weighted by molar-refractivity contribution is 0.0887. The maximum absolute atomic E-state index is 13.5. The van der Waals surface area contributed by atoms with Gasteiger partial charge in [-0.05, 0) is 43.9 Å². The van der Waals surface area contributed by atoms with E-state index in [1.54, 1.807) is 0 Å². The van der Waals surface area contributed by atoms with Gasteiger partial charge in [-0.3, -0.25) is 4.79 Å². The molecule has 0 atom stereocenters. The zero-order valence-electron chi connectivity index (χ0n) is 12.1. The van der Waals surface area contributed by atoms with E-state index in [1.165, 1.54) is 0 Å². The van der Waals surface area contributed by atoms with E-state index in [0.29, 0.717) is 0 Å². The summed E-state index contributed by atoms with van der Waals surface area (Å²) in [5.41, 5.74) is -0.729. The number of benzene rings is 1. The second-order valence-electron chi connectivity index (χ2n) is 6.70. The Hall–Kier alpha value is -1.45. The molecule has 0 spiro atoms. The molecule has 4 heteroatoms. The molecule has 0 heterocycles. The minimum absolute atomic E-state index is 0.0251. The molecule has 1 aromatic rings. The molecule has 1 aromatic carbocycles. The molecule has 0 unspecified atom stereocenters. The third-order valence-corrected chi connectivity index (χ3v) is 2.60. The number of nitrogens with one attached hydrogen (secondary N) is 1. The number of amides is 1. The van der Waals surface area contributed by atoms with Crippen LogP contribution in [0.3, 0.4) is 0 Å². The predicted molar refractivity (Wildman–Crippen MR) is 72.0 cm³/mol. The van der Waals surface area contributed by atoms with E-state index in [0.717, 1.165) is 24.6 Å². The lowest BCUT2D eigenvalue weighted by Gasteiger charge is -2.33. The molecule has 0 aliphatic heterocycles. The van der Waals surface area contributed by atoms with Crippen molar-refractivity contribution < 1.29 is 13.6 Å². The second-order valence-corrected chi connectivity index (χ2v) is 6.70. The van der Waals surface area contributed by atoms with Crippen LogP contribution >= 0.6 is 0 Å². The Kier molecular flexibility index (Phi) is 4.33. The van der Waals surface area contributed by atoms with Gasteiger partial charge in [-0.1, -0.05) is 20.8 Å². The summed E-state index contributed by atoms with van der Waals surface area (Å²) >= 11 is 0. The third kappa shape index (κ3) is 4.97. The molecule has 0 aromatic heterocycles. The molecule has 0 bridgehead atoms. The minimum atomic E-state index is -0.717. The van der Waals surface area contributed by atoms with E-state index in [2.05, 4.69) is 26.1 Å². The number of hydrogen-bond acceptors (Lipinski definition) is 1. The average Bonchev–Trinajstić information content (AvgIpc) is 2.16. The van der Waals surface area contributed by atoms with Crippen LogP contribution in [0.4, 0.5) is 8.78 Å². The topological polar surface area (TPSA) is 29.1 Å². The highest BCUT2D eigenvalue weighted by atomic mass is 19.1. The monoisotopic (exact) mass is 269 g/mol. The van der Waals surface area contributed by atoms with Gasteiger partial charge >= 0.3 is 0 Å². The fraction of sp³-hybridized carbons (Fsp3) is 0.533. The van der Waals surface area contributed by atoms with Crippen LogP contribution in [0.1, 0.15) is 51.4 Å². The molecule has 1 amide bonds. The fourth-order valence-electron chi connectivity index (χ4n) is 2.42. The van der Waals surface area contributed by atoms with Crippen LogP contribution in [0.25, 0.3) is 0 Å². The minimum Gasteiger partial charge on any atom is -0.347 e. The molecule has 1 rings (SSSR count). The predicted octanol–water partition coefficient (Wildman–Crippen LogP) is 3.91. The summed E-state index contributed by atoms with van der Waals surface area (Å²) in [6.07, 6.45) is 0.725. The normalized spacial score (nSPS) is 12.4. The van der Waals surface area contributed by atoms with Gasteiger partial charge in [-0.2, -0.15) is 0 Å². The largest absolute Gasteiger partial charge is 0.347 e. The Bertz CT molecular complexity index is 476. The maximum atomic E-state index is 13.5. The summed E-state index contributed by atoms with van der Waals surface area (Å²) in [5, 5.41) is 2.75. The highest BCUT2D eigenvalue weighted by Gasteiger charge is 2.28. The van der Waals surface area contributed by atoms with Crippen molar-refractivity contribution in [2.24, 2.45) is 5.41 Å². The zero-order chi connectivity index (χ0) is 14.8. The number of carbonyl (C=O) groups excluding carboxylic acids is 1. The average molecular weight is 269 g/mol. The summed E-state index contributed by atoms with van der Waals surface area (Å²) in [4.78, 5) is 12.0. The number of halogens is 2. The van der Waals surface area contributed by atoms with Crippen molar-refractivity contribution >= 4 is 5.91 Å². The molecule has 0 aliphatic carbocycles. The first-order valence-corrected chi connectivity index (χ1v) is 6.28. The Morgan fingerprint density at radius 3 is 2.26 bits per heavy atom. The van der Waals surface area contributed by atoms with Crippen LogP contribution in [0.15, 0.2) is 18.2 Å². The van der Waals surface area contributed by atoms with Crippen molar-refractivity contribution in [1.29, 1.82) is 0 Å². The molecule has 0 aliphatic rings. The van der Waals surface area contributed by atoms with Gasteiger partial charge in [0.15, 0.2) is 0 Å². The first-order chi connectivity index (χ1) is 8.50. The van der Waals surface area contributed by atoms with Gasteiger partial charge < -0.3 is 5.32 Å². The Labute approximate surface area is 113 Å². The summed E-state index contributed by atoms with van der Waals surface area (Å²) in [6, 6.07) is 2.87. The molecular weight excluding hydrogens is 248 g/mol. The highest BCUT2D eigenvalue weighted by molar-refractivity contribution is 5.94. The van der Waals surface area contributed by atoms with Crippen molar-refractivity contribution in [3.8, 4) is 0 Å². The van der Waals surface area contributed by atoms with Crippen LogP contribution in [0.2, 0.25) is 0 Å². The van der Waals surface area contributed by atoms with Crippen LogP contribution in [-0.4, -0.2) is 11.4 Å². The van der Waals surface area contributed by atoms with Crippen LogP contribution in [0, 0.1) is 17.0 Å². The molecular formula is C15H21F2NO. The van der Waals surface area contributed by atoms with Gasteiger partial charge in [0.1, 0.15) is 11.6 Å². The van der Waals surface area contributed by atoms with E-state index in [9.17, 15) is 13.6 Å². The second kappa shape index (κ2) is 5.27. The zero-order valence-corrected chi connectivity index (χ0v) is 12.1. The van der Waals surface area contributed by atoms with E-state index in [-0.39, 0.29) is 11.0 Å². The van der Waals surface area contributed by atoms with Gasteiger partial charge in [0.25, 0.3) is 5.91 Å². The van der Waals surface area contributed by atoms with Gasteiger partial charge in [0, 0.05) is 5.54 Å². The SMILES string of the molecule is CC(C)(C)CC(C)(C)NC(=O)c1cc(F)ccc1F. The standard InChI is InChI=1S/C15H21F2NO/c1-14(2,3)9-15(4,5)18-13(19)11-8-10(16)6-7-12(11)17/h6-8H,9H2,1-5H3,(H,18,19). The van der Waals surface area contributed by atoms with Gasteiger partial charge in [0.2, 0.25) is 0 Å². The van der Waals surface area contributed by atoms with Crippen molar-refractivity contribution in [3.05, 3.63) is 35.4 Å².